The normalized spacial score (nSPS) is 12.4. The molecule has 4 aromatic rings. The monoisotopic (exact) mass is 510 g/mol. The van der Waals surface area contributed by atoms with Crippen LogP contribution in [0.25, 0.3) is 11.6 Å². The summed E-state index contributed by atoms with van der Waals surface area (Å²) in [6.45, 7) is 6.95. The lowest BCUT2D eigenvalue weighted by molar-refractivity contribution is -0.143. The lowest BCUT2D eigenvalue weighted by Crippen LogP contribution is -2.49. The number of tetrazole rings is 1. The molecular weight excluding hydrogens is 483 g/mol. The molecule has 0 spiro atoms. The van der Waals surface area contributed by atoms with Gasteiger partial charge in [0.25, 0.3) is 0 Å². The molecule has 36 heavy (non-hydrogen) atoms. The minimum absolute atomic E-state index is 0.120. The molecule has 4 rings (SSSR count). The van der Waals surface area contributed by atoms with Crippen molar-refractivity contribution < 1.29 is 18.4 Å². The summed E-state index contributed by atoms with van der Waals surface area (Å²) in [7, 11) is 0. The topological polar surface area (TPSA) is 106 Å². The molecule has 0 aliphatic carbocycles. The summed E-state index contributed by atoms with van der Waals surface area (Å²) in [5.41, 5.74) is -0.252. The smallest absolute Gasteiger partial charge is 0.248 e. The number of nitrogens with one attached hydrogen (secondary N) is 1. The number of aryl methyl sites for hydroxylation is 1. The summed E-state index contributed by atoms with van der Waals surface area (Å²) >= 11 is 1.34. The van der Waals surface area contributed by atoms with Crippen molar-refractivity contribution in [1.82, 2.24) is 30.4 Å². The third-order valence-electron chi connectivity index (χ3n) is 5.18. The molecule has 0 aliphatic rings. The lowest BCUT2D eigenvalue weighted by Gasteiger charge is -2.33. The summed E-state index contributed by atoms with van der Waals surface area (Å²) < 4.78 is 20.2. The van der Waals surface area contributed by atoms with Gasteiger partial charge in [0.1, 0.15) is 24.2 Å². The highest BCUT2D eigenvalue weighted by Crippen LogP contribution is 2.29. The number of rotatable bonds is 8. The molecule has 1 atom stereocenters. The van der Waals surface area contributed by atoms with Gasteiger partial charge in [-0.25, -0.2) is 4.39 Å². The number of benzene rings is 1. The van der Waals surface area contributed by atoms with E-state index in [4.69, 9.17) is 4.42 Å². The SMILES string of the molecule is Cc1ccc(-c2nnn(CC(=O)N(Cc3ccccc3F)C(C(=O)NC(C)(C)C)c3cccs3)n2)o1. The van der Waals surface area contributed by atoms with Crippen molar-refractivity contribution in [2.75, 3.05) is 0 Å². The van der Waals surface area contributed by atoms with E-state index in [2.05, 4.69) is 20.7 Å². The standard InChI is InChI=1S/C25H27FN6O3S/c1-16-11-12-19(35-16)23-28-30-32(29-23)15-21(33)31(14-17-8-5-6-9-18(17)26)22(20-10-7-13-36-20)24(34)27-25(2,3)4/h5-13,22H,14-15H2,1-4H3,(H,27,34). The van der Waals surface area contributed by atoms with E-state index in [9.17, 15) is 14.0 Å². The zero-order valence-corrected chi connectivity index (χ0v) is 21.3. The van der Waals surface area contributed by atoms with Gasteiger partial charge in [-0.2, -0.15) is 4.80 Å². The molecule has 1 aromatic carbocycles. The minimum Gasteiger partial charge on any atom is -0.458 e. The molecule has 0 saturated heterocycles. The number of amides is 2. The largest absolute Gasteiger partial charge is 0.458 e. The van der Waals surface area contributed by atoms with Crippen molar-refractivity contribution in [2.45, 2.75) is 52.4 Å². The molecule has 0 saturated carbocycles. The van der Waals surface area contributed by atoms with Crippen LogP contribution in [-0.2, 0) is 22.7 Å². The van der Waals surface area contributed by atoms with E-state index in [1.54, 1.807) is 49.4 Å². The van der Waals surface area contributed by atoms with Gasteiger partial charge in [-0.3, -0.25) is 9.59 Å². The molecule has 2 amide bonds. The molecule has 0 bridgehead atoms. The number of nitrogens with zero attached hydrogens (tertiary/aromatic N) is 5. The van der Waals surface area contributed by atoms with E-state index in [1.807, 2.05) is 26.2 Å². The quantitative estimate of drug-likeness (QED) is 0.382. The molecule has 1 N–H and O–H groups in total. The predicted molar refractivity (Wildman–Crippen MR) is 132 cm³/mol. The van der Waals surface area contributed by atoms with Crippen LogP contribution in [-0.4, -0.2) is 42.5 Å². The van der Waals surface area contributed by atoms with Gasteiger partial charge < -0.3 is 14.6 Å². The summed E-state index contributed by atoms with van der Waals surface area (Å²) in [6.07, 6.45) is 0. The van der Waals surface area contributed by atoms with Crippen LogP contribution in [0.5, 0.6) is 0 Å². The molecule has 1 unspecified atom stereocenters. The second-order valence-electron chi connectivity index (χ2n) is 9.32. The molecule has 0 aliphatic heterocycles. The molecule has 11 heteroatoms. The number of hydrogen-bond donors (Lipinski definition) is 1. The van der Waals surface area contributed by atoms with Gasteiger partial charge in [-0.15, -0.1) is 21.5 Å². The lowest BCUT2D eigenvalue weighted by atomic mass is 10.1. The Hall–Kier alpha value is -3.86. The highest BCUT2D eigenvalue weighted by atomic mass is 32.1. The molecule has 0 fully saturated rings. The van der Waals surface area contributed by atoms with Crippen LogP contribution in [0, 0.1) is 12.7 Å². The van der Waals surface area contributed by atoms with Crippen molar-refractivity contribution in [3.63, 3.8) is 0 Å². The molecule has 3 aromatic heterocycles. The Balaban J connectivity index is 1.67. The first-order valence-electron chi connectivity index (χ1n) is 11.3. The zero-order chi connectivity index (χ0) is 25.9. The zero-order valence-electron chi connectivity index (χ0n) is 20.4. The van der Waals surface area contributed by atoms with E-state index >= 15 is 0 Å². The number of carbonyl (C=O) groups excluding carboxylic acids is 2. The maximum Gasteiger partial charge on any atom is 0.248 e. The third kappa shape index (κ3) is 6.03. The Labute approximate surface area is 211 Å². The molecule has 188 valence electrons. The number of hydrogen-bond acceptors (Lipinski definition) is 7. The van der Waals surface area contributed by atoms with Crippen molar-refractivity contribution >= 4 is 23.2 Å². The Morgan fingerprint density at radius 2 is 1.94 bits per heavy atom. The van der Waals surface area contributed by atoms with Gasteiger partial charge in [0, 0.05) is 22.5 Å². The average Bonchev–Trinajstić information content (AvgIpc) is 3.56. The van der Waals surface area contributed by atoms with Crippen molar-refractivity contribution in [3.8, 4) is 11.6 Å². The van der Waals surface area contributed by atoms with Gasteiger partial charge in [-0.1, -0.05) is 24.3 Å². The van der Waals surface area contributed by atoms with E-state index in [0.717, 1.165) is 4.80 Å². The van der Waals surface area contributed by atoms with Crippen LogP contribution in [0.1, 0.15) is 43.0 Å². The van der Waals surface area contributed by atoms with Crippen molar-refractivity contribution in [3.05, 3.63) is 75.9 Å². The van der Waals surface area contributed by atoms with Crippen LogP contribution in [0.3, 0.4) is 0 Å². The minimum atomic E-state index is -0.980. The number of aromatic nitrogens is 4. The maximum absolute atomic E-state index is 14.6. The second kappa shape index (κ2) is 10.4. The average molecular weight is 511 g/mol. The fraction of sp³-hybridized carbons (Fsp3) is 0.320. The predicted octanol–water partition coefficient (Wildman–Crippen LogP) is 4.13. The fourth-order valence-electron chi connectivity index (χ4n) is 3.62. The first-order valence-corrected chi connectivity index (χ1v) is 12.2. The van der Waals surface area contributed by atoms with Gasteiger partial charge in [0.2, 0.25) is 17.6 Å². The number of thiophene rings is 1. The van der Waals surface area contributed by atoms with E-state index in [1.165, 1.54) is 22.3 Å². The van der Waals surface area contributed by atoms with Gasteiger partial charge in [-0.05, 0) is 62.6 Å². The fourth-order valence-corrected chi connectivity index (χ4v) is 4.45. The van der Waals surface area contributed by atoms with Gasteiger partial charge >= 0.3 is 0 Å². The number of halogens is 1. The van der Waals surface area contributed by atoms with Crippen molar-refractivity contribution in [2.24, 2.45) is 0 Å². The number of furan rings is 1. The third-order valence-corrected chi connectivity index (χ3v) is 6.10. The summed E-state index contributed by atoms with van der Waals surface area (Å²) in [4.78, 5) is 30.3. The first-order chi connectivity index (χ1) is 17.1. The van der Waals surface area contributed by atoms with Gasteiger partial charge in [0.15, 0.2) is 5.76 Å². The van der Waals surface area contributed by atoms with Crippen LogP contribution in [0.2, 0.25) is 0 Å². The highest BCUT2D eigenvalue weighted by Gasteiger charge is 2.35. The summed E-state index contributed by atoms with van der Waals surface area (Å²) in [6, 6.07) is 12.3. The molecule has 0 radical (unpaired) electrons. The Morgan fingerprint density at radius 3 is 2.58 bits per heavy atom. The highest BCUT2D eigenvalue weighted by molar-refractivity contribution is 7.10. The van der Waals surface area contributed by atoms with E-state index in [0.29, 0.717) is 16.4 Å². The summed E-state index contributed by atoms with van der Waals surface area (Å²) in [5, 5.41) is 17.0. The molecule has 9 nitrogen and oxygen atoms in total. The van der Waals surface area contributed by atoms with Crippen LogP contribution >= 0.6 is 11.3 Å². The maximum atomic E-state index is 14.6. The Kier molecular flexibility index (Phi) is 7.30. The number of carbonyl (C=O) groups is 2. The Morgan fingerprint density at radius 1 is 1.17 bits per heavy atom. The van der Waals surface area contributed by atoms with Crippen molar-refractivity contribution in [1.29, 1.82) is 0 Å². The molecular formula is C25H27FN6O3S. The van der Waals surface area contributed by atoms with E-state index < -0.39 is 23.3 Å². The molecule has 3 heterocycles. The van der Waals surface area contributed by atoms with Crippen LogP contribution in [0.4, 0.5) is 4.39 Å². The summed E-state index contributed by atoms with van der Waals surface area (Å²) in [5.74, 6) is 0.0449. The van der Waals surface area contributed by atoms with E-state index in [-0.39, 0.29) is 30.4 Å². The second-order valence-corrected chi connectivity index (χ2v) is 10.3. The van der Waals surface area contributed by atoms with Gasteiger partial charge in [0.05, 0.1) is 0 Å². The van der Waals surface area contributed by atoms with Crippen LogP contribution in [0.15, 0.2) is 58.3 Å². The Bertz CT molecular complexity index is 1340. The van der Waals surface area contributed by atoms with Crippen LogP contribution < -0.4 is 5.32 Å². The first kappa shape index (κ1) is 25.2.